The molecule has 1 N–H and O–H groups in total. The van der Waals surface area contributed by atoms with Gasteiger partial charge in [0.25, 0.3) is 0 Å². The maximum atomic E-state index is 3.36. The van der Waals surface area contributed by atoms with E-state index in [1.54, 1.807) is 5.57 Å². The van der Waals surface area contributed by atoms with Gasteiger partial charge < -0.3 is 5.32 Å². The first-order chi connectivity index (χ1) is 5.53. The van der Waals surface area contributed by atoms with Gasteiger partial charge in [-0.3, -0.25) is 0 Å². The second-order valence-corrected chi connectivity index (χ2v) is 4.69. The molecule has 1 rings (SSSR count). The molecule has 1 heteroatoms. The van der Waals surface area contributed by atoms with E-state index in [4.69, 9.17) is 0 Å². The molecule has 0 radical (unpaired) electrons. The minimum absolute atomic E-state index is 0.309. The monoisotopic (exact) mass is 167 g/mol. The van der Waals surface area contributed by atoms with Crippen molar-refractivity contribution in [1.29, 1.82) is 0 Å². The molecular formula is C11H21N. The molecule has 0 bridgehead atoms. The molecule has 0 aromatic heterocycles. The zero-order valence-corrected chi connectivity index (χ0v) is 8.78. The lowest BCUT2D eigenvalue weighted by Crippen LogP contribution is -2.37. The van der Waals surface area contributed by atoms with E-state index in [-0.39, 0.29) is 0 Å². The lowest BCUT2D eigenvalue weighted by molar-refractivity contribution is 0.321. The zero-order valence-electron chi connectivity index (χ0n) is 8.78. The smallest absolute Gasteiger partial charge is 0.0125 e. The van der Waals surface area contributed by atoms with Gasteiger partial charge in [0.05, 0.1) is 0 Å². The molecule has 0 aromatic rings. The topological polar surface area (TPSA) is 12.0 Å². The Kier molecular flexibility index (Phi) is 2.94. The largest absolute Gasteiger partial charge is 0.315 e. The third-order valence-electron chi connectivity index (χ3n) is 2.89. The summed E-state index contributed by atoms with van der Waals surface area (Å²) in [7, 11) is 2.05. The predicted octanol–water partition coefficient (Wildman–Crippen LogP) is 2.73. The Labute approximate surface area is 76.2 Å². The normalized spacial score (nSPS) is 24.3. The molecule has 0 fully saturated rings. The molecule has 0 saturated heterocycles. The van der Waals surface area contributed by atoms with Gasteiger partial charge in [0.1, 0.15) is 0 Å². The molecule has 12 heavy (non-hydrogen) atoms. The highest BCUT2D eigenvalue weighted by molar-refractivity contribution is 5.07. The van der Waals surface area contributed by atoms with Crippen molar-refractivity contribution >= 4 is 0 Å². The standard InChI is InChI=1S/C11H21N/c1-9-5-6-10(7-9)8-11(2,3)12-4/h5,10,12H,6-8H2,1-4H3. The molecule has 0 aromatic carbocycles. The summed E-state index contributed by atoms with van der Waals surface area (Å²) in [6, 6.07) is 0. The number of allylic oxidation sites excluding steroid dienone is 2. The van der Waals surface area contributed by atoms with Gasteiger partial charge in [-0.1, -0.05) is 11.6 Å². The van der Waals surface area contributed by atoms with Crippen LogP contribution in [-0.4, -0.2) is 12.6 Å². The van der Waals surface area contributed by atoms with E-state index in [0.717, 1.165) is 5.92 Å². The Hall–Kier alpha value is -0.300. The molecule has 0 saturated carbocycles. The van der Waals surface area contributed by atoms with Crippen LogP contribution < -0.4 is 5.32 Å². The molecule has 1 atom stereocenters. The molecule has 70 valence electrons. The zero-order chi connectivity index (χ0) is 9.19. The molecule has 1 aliphatic carbocycles. The van der Waals surface area contributed by atoms with Crippen molar-refractivity contribution in [3.8, 4) is 0 Å². The summed E-state index contributed by atoms with van der Waals surface area (Å²) in [5.41, 5.74) is 1.88. The minimum atomic E-state index is 0.309. The van der Waals surface area contributed by atoms with Gasteiger partial charge in [-0.15, -0.1) is 0 Å². The molecule has 1 nitrogen and oxygen atoms in total. The number of hydrogen-bond donors (Lipinski definition) is 1. The highest BCUT2D eigenvalue weighted by atomic mass is 14.9. The van der Waals surface area contributed by atoms with Crippen LogP contribution in [0.2, 0.25) is 0 Å². The van der Waals surface area contributed by atoms with E-state index < -0.39 is 0 Å². The van der Waals surface area contributed by atoms with Crippen LogP contribution >= 0.6 is 0 Å². The fourth-order valence-electron chi connectivity index (χ4n) is 1.97. The molecular weight excluding hydrogens is 146 g/mol. The highest BCUT2D eigenvalue weighted by Gasteiger charge is 2.23. The Bertz CT molecular complexity index is 179. The van der Waals surface area contributed by atoms with Crippen LogP contribution in [-0.2, 0) is 0 Å². The summed E-state index contributed by atoms with van der Waals surface area (Å²) < 4.78 is 0. The molecule has 0 amide bonds. The van der Waals surface area contributed by atoms with Crippen molar-refractivity contribution in [2.75, 3.05) is 7.05 Å². The predicted molar refractivity (Wildman–Crippen MR) is 54.2 cm³/mol. The van der Waals surface area contributed by atoms with Gasteiger partial charge in [-0.2, -0.15) is 0 Å². The van der Waals surface area contributed by atoms with Crippen molar-refractivity contribution in [1.82, 2.24) is 5.32 Å². The van der Waals surface area contributed by atoms with Gasteiger partial charge in [0.2, 0.25) is 0 Å². The summed E-state index contributed by atoms with van der Waals surface area (Å²) >= 11 is 0. The third kappa shape index (κ3) is 2.63. The molecule has 1 aliphatic rings. The highest BCUT2D eigenvalue weighted by Crippen LogP contribution is 2.30. The fourth-order valence-corrected chi connectivity index (χ4v) is 1.97. The van der Waals surface area contributed by atoms with E-state index in [9.17, 15) is 0 Å². The van der Waals surface area contributed by atoms with Crippen LogP contribution in [0.5, 0.6) is 0 Å². The Morgan fingerprint density at radius 2 is 2.25 bits per heavy atom. The van der Waals surface area contributed by atoms with Crippen molar-refractivity contribution in [3.05, 3.63) is 11.6 Å². The number of hydrogen-bond acceptors (Lipinski definition) is 1. The number of rotatable bonds is 3. The summed E-state index contributed by atoms with van der Waals surface area (Å²) in [4.78, 5) is 0. The Morgan fingerprint density at radius 1 is 1.58 bits per heavy atom. The molecule has 0 heterocycles. The first-order valence-electron chi connectivity index (χ1n) is 4.88. The molecule has 1 unspecified atom stereocenters. The summed E-state index contributed by atoms with van der Waals surface area (Å²) in [6.45, 7) is 6.80. The number of nitrogens with one attached hydrogen (secondary N) is 1. The van der Waals surface area contributed by atoms with Crippen molar-refractivity contribution < 1.29 is 0 Å². The van der Waals surface area contributed by atoms with Crippen LogP contribution in [0.3, 0.4) is 0 Å². The SMILES string of the molecule is CNC(C)(C)CC1CC=C(C)C1. The van der Waals surface area contributed by atoms with E-state index in [1.807, 2.05) is 0 Å². The van der Waals surface area contributed by atoms with Crippen molar-refractivity contribution in [2.24, 2.45) is 5.92 Å². The van der Waals surface area contributed by atoms with Gasteiger partial charge in [-0.25, -0.2) is 0 Å². The van der Waals surface area contributed by atoms with Gasteiger partial charge in [0.15, 0.2) is 0 Å². The lowest BCUT2D eigenvalue weighted by Gasteiger charge is -2.27. The van der Waals surface area contributed by atoms with E-state index in [0.29, 0.717) is 5.54 Å². The average molecular weight is 167 g/mol. The maximum Gasteiger partial charge on any atom is 0.0125 e. The fraction of sp³-hybridized carbons (Fsp3) is 0.818. The summed E-state index contributed by atoms with van der Waals surface area (Å²) in [5.74, 6) is 0.882. The Balaban J connectivity index is 2.34. The van der Waals surface area contributed by atoms with Crippen molar-refractivity contribution in [2.45, 2.75) is 45.6 Å². The van der Waals surface area contributed by atoms with E-state index >= 15 is 0 Å². The van der Waals surface area contributed by atoms with Crippen molar-refractivity contribution in [3.63, 3.8) is 0 Å². The first kappa shape index (κ1) is 9.79. The van der Waals surface area contributed by atoms with Gasteiger partial charge in [0, 0.05) is 5.54 Å². The third-order valence-corrected chi connectivity index (χ3v) is 2.89. The quantitative estimate of drug-likeness (QED) is 0.637. The van der Waals surface area contributed by atoms with Crippen LogP contribution in [0.15, 0.2) is 11.6 Å². The second-order valence-electron chi connectivity index (χ2n) is 4.69. The second kappa shape index (κ2) is 3.61. The average Bonchev–Trinajstić information content (AvgIpc) is 2.35. The maximum absolute atomic E-state index is 3.36. The molecule has 0 aliphatic heterocycles. The minimum Gasteiger partial charge on any atom is -0.315 e. The van der Waals surface area contributed by atoms with E-state index in [2.05, 4.69) is 39.2 Å². The summed E-state index contributed by atoms with van der Waals surface area (Å²) in [5, 5.41) is 3.36. The van der Waals surface area contributed by atoms with Crippen LogP contribution in [0.1, 0.15) is 40.0 Å². The lowest BCUT2D eigenvalue weighted by atomic mass is 9.89. The molecule has 0 spiro atoms. The summed E-state index contributed by atoms with van der Waals surface area (Å²) in [6.07, 6.45) is 6.27. The van der Waals surface area contributed by atoms with Crippen LogP contribution in [0, 0.1) is 5.92 Å². The van der Waals surface area contributed by atoms with Crippen LogP contribution in [0.25, 0.3) is 0 Å². The van der Waals surface area contributed by atoms with Gasteiger partial charge in [-0.05, 0) is 53.0 Å². The van der Waals surface area contributed by atoms with Gasteiger partial charge >= 0.3 is 0 Å². The Morgan fingerprint density at radius 3 is 2.67 bits per heavy atom. The van der Waals surface area contributed by atoms with E-state index in [1.165, 1.54) is 19.3 Å². The first-order valence-corrected chi connectivity index (χ1v) is 4.88. The van der Waals surface area contributed by atoms with Crippen LogP contribution in [0.4, 0.5) is 0 Å².